The van der Waals surface area contributed by atoms with Crippen molar-refractivity contribution >= 4 is 29.0 Å². The number of rotatable bonds is 4. The predicted molar refractivity (Wildman–Crippen MR) is 83.4 cm³/mol. The van der Waals surface area contributed by atoms with Gasteiger partial charge in [0.1, 0.15) is 0 Å². The lowest BCUT2D eigenvalue weighted by atomic mass is 10.1. The Balaban J connectivity index is 1.59. The molecule has 3 nitrogen and oxygen atoms in total. The van der Waals surface area contributed by atoms with Gasteiger partial charge in [-0.3, -0.25) is 4.79 Å². The van der Waals surface area contributed by atoms with E-state index >= 15 is 0 Å². The van der Waals surface area contributed by atoms with E-state index in [1.54, 1.807) is 23.1 Å². The van der Waals surface area contributed by atoms with Crippen LogP contribution in [0.1, 0.15) is 27.5 Å². The van der Waals surface area contributed by atoms with Gasteiger partial charge in [-0.1, -0.05) is 0 Å². The summed E-state index contributed by atoms with van der Waals surface area (Å²) in [7, 11) is 0. The highest BCUT2D eigenvalue weighted by Crippen LogP contribution is 2.24. The normalized spacial score (nSPS) is 14.2. The van der Waals surface area contributed by atoms with Crippen LogP contribution in [-0.2, 0) is 5.75 Å². The zero-order valence-electron chi connectivity index (χ0n) is 11.3. The molecule has 0 aliphatic carbocycles. The van der Waals surface area contributed by atoms with Crippen LogP contribution in [-0.4, -0.2) is 28.9 Å². The first-order valence-electron chi connectivity index (χ1n) is 6.65. The fraction of sp³-hybridized carbons (Fsp3) is 0.333. The average molecular weight is 304 g/mol. The maximum absolute atomic E-state index is 12.0. The van der Waals surface area contributed by atoms with Crippen molar-refractivity contribution in [1.82, 2.24) is 9.88 Å². The third-order valence-electron chi connectivity index (χ3n) is 3.30. The number of amides is 1. The van der Waals surface area contributed by atoms with Crippen LogP contribution < -0.4 is 0 Å². The Bertz CT molecular complexity index is 603. The molecule has 1 aromatic heterocycles. The number of carbonyl (C=O) groups excluding carboxylic acids is 1. The first kappa shape index (κ1) is 13.6. The fourth-order valence-corrected chi connectivity index (χ4v) is 3.54. The lowest BCUT2D eigenvalue weighted by molar-refractivity contribution is 0.0652. The molecule has 1 fully saturated rings. The molecule has 0 atom stereocenters. The monoisotopic (exact) mass is 304 g/mol. The number of carbonyl (C=O) groups is 1. The molecular weight excluding hydrogens is 288 g/mol. The highest BCUT2D eigenvalue weighted by molar-refractivity contribution is 7.98. The summed E-state index contributed by atoms with van der Waals surface area (Å²) < 4.78 is 0. The van der Waals surface area contributed by atoms with Gasteiger partial charge >= 0.3 is 0 Å². The topological polar surface area (TPSA) is 33.2 Å². The second-order valence-corrected chi connectivity index (χ2v) is 6.93. The maximum atomic E-state index is 12.0. The number of nitrogens with zero attached hydrogens (tertiary/aromatic N) is 2. The van der Waals surface area contributed by atoms with E-state index in [1.807, 2.05) is 36.1 Å². The van der Waals surface area contributed by atoms with Gasteiger partial charge in [0.15, 0.2) is 0 Å². The molecule has 2 aromatic rings. The molecule has 5 heteroatoms. The number of benzene rings is 1. The summed E-state index contributed by atoms with van der Waals surface area (Å²) in [6.45, 7) is 3.83. The van der Waals surface area contributed by atoms with Crippen LogP contribution in [0.4, 0.5) is 0 Å². The molecule has 1 aromatic carbocycles. The van der Waals surface area contributed by atoms with Crippen LogP contribution in [0.2, 0.25) is 0 Å². The van der Waals surface area contributed by atoms with Gasteiger partial charge in [-0.15, -0.1) is 23.1 Å². The summed E-state index contributed by atoms with van der Waals surface area (Å²) in [5, 5.41) is 3.21. The van der Waals surface area contributed by atoms with E-state index in [2.05, 4.69) is 10.4 Å². The lowest BCUT2D eigenvalue weighted by Crippen LogP contribution is -2.41. The number of thioether (sulfide) groups is 1. The van der Waals surface area contributed by atoms with Crippen LogP contribution in [0.15, 0.2) is 34.5 Å². The predicted octanol–water partition coefficient (Wildman–Crippen LogP) is 3.59. The number of aryl methyl sites for hydroxylation is 1. The Kier molecular flexibility index (Phi) is 4.08. The number of thiazole rings is 1. The van der Waals surface area contributed by atoms with Gasteiger partial charge in [0.2, 0.25) is 0 Å². The van der Waals surface area contributed by atoms with Crippen LogP contribution in [0.5, 0.6) is 0 Å². The molecule has 2 heterocycles. The maximum Gasteiger partial charge on any atom is 0.253 e. The van der Waals surface area contributed by atoms with Crippen molar-refractivity contribution in [2.75, 3.05) is 13.1 Å². The number of hydrogen-bond acceptors (Lipinski definition) is 4. The van der Waals surface area contributed by atoms with Crippen LogP contribution in [0, 0.1) is 6.92 Å². The van der Waals surface area contributed by atoms with Gasteiger partial charge < -0.3 is 4.90 Å². The van der Waals surface area contributed by atoms with E-state index in [0.29, 0.717) is 0 Å². The minimum atomic E-state index is 0.155. The first-order chi connectivity index (χ1) is 9.72. The SMILES string of the molecule is Cc1nc(CSc2ccc(C(=O)N3CCC3)cc2)cs1. The largest absolute Gasteiger partial charge is 0.339 e. The van der Waals surface area contributed by atoms with Crippen molar-refractivity contribution in [1.29, 1.82) is 0 Å². The van der Waals surface area contributed by atoms with Crippen molar-refractivity contribution in [3.05, 3.63) is 45.9 Å². The molecule has 1 saturated heterocycles. The Morgan fingerprint density at radius 3 is 2.65 bits per heavy atom. The fourth-order valence-electron chi connectivity index (χ4n) is 2.03. The van der Waals surface area contributed by atoms with E-state index in [4.69, 9.17) is 0 Å². The molecule has 104 valence electrons. The quantitative estimate of drug-likeness (QED) is 0.809. The van der Waals surface area contributed by atoms with E-state index in [9.17, 15) is 4.79 Å². The highest BCUT2D eigenvalue weighted by Gasteiger charge is 2.21. The molecule has 20 heavy (non-hydrogen) atoms. The highest BCUT2D eigenvalue weighted by atomic mass is 32.2. The molecule has 0 unspecified atom stereocenters. The summed E-state index contributed by atoms with van der Waals surface area (Å²) in [5.41, 5.74) is 1.91. The summed E-state index contributed by atoms with van der Waals surface area (Å²) in [5.74, 6) is 1.03. The van der Waals surface area contributed by atoms with Crippen molar-refractivity contribution < 1.29 is 4.79 Å². The van der Waals surface area contributed by atoms with Crippen molar-refractivity contribution in [2.45, 2.75) is 24.0 Å². The average Bonchev–Trinajstić information content (AvgIpc) is 2.81. The number of likely N-dealkylation sites (tertiary alicyclic amines) is 1. The summed E-state index contributed by atoms with van der Waals surface area (Å²) in [6.07, 6.45) is 1.13. The van der Waals surface area contributed by atoms with Gasteiger partial charge in [-0.05, 0) is 37.6 Å². The molecule has 0 bridgehead atoms. The Morgan fingerprint density at radius 1 is 1.35 bits per heavy atom. The molecule has 1 aliphatic heterocycles. The number of hydrogen-bond donors (Lipinski definition) is 0. The molecule has 1 aliphatic rings. The van der Waals surface area contributed by atoms with Gasteiger partial charge in [-0.25, -0.2) is 4.98 Å². The summed E-state index contributed by atoms with van der Waals surface area (Å²) in [4.78, 5) is 19.5. The van der Waals surface area contributed by atoms with Crippen LogP contribution >= 0.6 is 23.1 Å². The third-order valence-corrected chi connectivity index (χ3v) is 5.17. The number of aromatic nitrogens is 1. The van der Waals surface area contributed by atoms with E-state index in [0.717, 1.165) is 41.5 Å². The zero-order chi connectivity index (χ0) is 13.9. The summed E-state index contributed by atoms with van der Waals surface area (Å²) in [6, 6.07) is 7.90. The Morgan fingerprint density at radius 2 is 2.10 bits per heavy atom. The van der Waals surface area contributed by atoms with Crippen LogP contribution in [0.3, 0.4) is 0 Å². The molecule has 1 amide bonds. The van der Waals surface area contributed by atoms with Crippen molar-refractivity contribution in [2.24, 2.45) is 0 Å². The van der Waals surface area contributed by atoms with Crippen molar-refractivity contribution in [3.8, 4) is 0 Å². The zero-order valence-corrected chi connectivity index (χ0v) is 13.0. The first-order valence-corrected chi connectivity index (χ1v) is 8.52. The minimum absolute atomic E-state index is 0.155. The van der Waals surface area contributed by atoms with Crippen molar-refractivity contribution in [3.63, 3.8) is 0 Å². The molecule has 0 N–H and O–H groups in total. The van der Waals surface area contributed by atoms with E-state index in [-0.39, 0.29) is 5.91 Å². The third kappa shape index (κ3) is 3.04. The molecule has 0 spiro atoms. The molecule has 0 radical (unpaired) electrons. The molecular formula is C15H16N2OS2. The second kappa shape index (κ2) is 5.97. The lowest BCUT2D eigenvalue weighted by Gasteiger charge is -2.30. The van der Waals surface area contributed by atoms with Gasteiger partial charge in [0.05, 0.1) is 10.7 Å². The smallest absolute Gasteiger partial charge is 0.253 e. The molecule has 0 saturated carbocycles. The van der Waals surface area contributed by atoms with E-state index in [1.165, 1.54) is 4.90 Å². The second-order valence-electron chi connectivity index (χ2n) is 4.82. The Labute approximate surface area is 127 Å². The van der Waals surface area contributed by atoms with Gasteiger partial charge in [0, 0.05) is 34.7 Å². The Hall–Kier alpha value is -1.33. The summed E-state index contributed by atoms with van der Waals surface area (Å²) >= 11 is 3.44. The van der Waals surface area contributed by atoms with Crippen LogP contribution in [0.25, 0.3) is 0 Å². The standard InChI is InChI=1S/C15H16N2OS2/c1-11-16-13(9-19-11)10-20-14-5-3-12(4-6-14)15(18)17-7-2-8-17/h3-6,9H,2,7-8,10H2,1H3. The minimum Gasteiger partial charge on any atom is -0.339 e. The van der Waals surface area contributed by atoms with E-state index < -0.39 is 0 Å². The molecule has 3 rings (SSSR count). The van der Waals surface area contributed by atoms with Gasteiger partial charge in [-0.2, -0.15) is 0 Å². The van der Waals surface area contributed by atoms with Gasteiger partial charge in [0.25, 0.3) is 5.91 Å².